The number of phenolic OH excluding ortho intramolecular Hbond substituents is 1. The third-order valence-corrected chi connectivity index (χ3v) is 5.24. The van der Waals surface area contributed by atoms with Crippen molar-refractivity contribution < 1.29 is 29.3 Å². The number of aliphatic carboxylic acids is 1. The second kappa shape index (κ2) is 10.9. The lowest BCUT2D eigenvalue weighted by molar-refractivity contribution is -0.152. The number of allylic oxidation sites excluding steroid dienone is 1. The summed E-state index contributed by atoms with van der Waals surface area (Å²) in [6.45, 7) is 3.46. The minimum Gasteiger partial charge on any atom is -0.507 e. The van der Waals surface area contributed by atoms with Crippen LogP contribution in [0.1, 0.15) is 35.3 Å². The minimum atomic E-state index is -1.30. The average molecular weight is 481 g/mol. The zero-order valence-electron chi connectivity index (χ0n) is 18.8. The number of ether oxygens (including phenoxy) is 2. The van der Waals surface area contributed by atoms with Crippen molar-refractivity contribution in [1.29, 1.82) is 0 Å². The summed E-state index contributed by atoms with van der Waals surface area (Å²) in [7, 11) is 0. The van der Waals surface area contributed by atoms with Gasteiger partial charge in [0.15, 0.2) is 11.4 Å². The monoisotopic (exact) mass is 480 g/mol. The Kier molecular flexibility index (Phi) is 7.97. The number of hydrogen-bond donors (Lipinski definition) is 2. The highest BCUT2D eigenvalue weighted by atomic mass is 35.5. The van der Waals surface area contributed by atoms with E-state index in [2.05, 4.69) is 0 Å². The van der Waals surface area contributed by atoms with Gasteiger partial charge in [-0.1, -0.05) is 41.9 Å². The van der Waals surface area contributed by atoms with E-state index in [1.54, 1.807) is 18.2 Å². The third-order valence-electron chi connectivity index (χ3n) is 5.00. The Hall–Kier alpha value is -3.77. The molecule has 0 saturated heterocycles. The van der Waals surface area contributed by atoms with Crippen LogP contribution in [0.25, 0.3) is 6.08 Å². The molecule has 0 fully saturated rings. The molecule has 3 aromatic carbocycles. The molecule has 0 amide bonds. The van der Waals surface area contributed by atoms with Crippen LogP contribution in [-0.2, 0) is 11.2 Å². The highest BCUT2D eigenvalue weighted by molar-refractivity contribution is 6.31. The molecule has 34 heavy (non-hydrogen) atoms. The normalized spacial score (nSPS) is 11.4. The molecule has 0 aliphatic rings. The van der Waals surface area contributed by atoms with Crippen molar-refractivity contribution in [3.05, 3.63) is 94.5 Å². The van der Waals surface area contributed by atoms with Gasteiger partial charge in [-0.2, -0.15) is 0 Å². The number of ketones is 1. The molecule has 0 heterocycles. The van der Waals surface area contributed by atoms with Crippen LogP contribution in [0.5, 0.6) is 17.2 Å². The van der Waals surface area contributed by atoms with Crippen LogP contribution in [0.15, 0.2) is 72.8 Å². The standard InChI is InChI=1S/C27H25ClO6/c1-27(2,26(31)32)34-22-11-5-19(6-12-22)15-16-33-21-9-3-18(4-10-21)7-13-24(29)23-17-20(28)8-14-25(23)30/h3-14,17,30H,15-16H2,1-2H3,(H,31,32)/b13-7+. The number of aromatic hydroxyl groups is 1. The van der Waals surface area contributed by atoms with Crippen LogP contribution in [0, 0.1) is 0 Å². The molecule has 0 bridgehead atoms. The van der Waals surface area contributed by atoms with Crippen molar-refractivity contribution in [3.8, 4) is 17.2 Å². The molecule has 3 aromatic rings. The van der Waals surface area contributed by atoms with Gasteiger partial charge in [0.2, 0.25) is 0 Å². The summed E-state index contributed by atoms with van der Waals surface area (Å²) in [5, 5.41) is 19.3. The van der Waals surface area contributed by atoms with E-state index in [9.17, 15) is 14.7 Å². The Morgan fingerprint density at radius 2 is 1.62 bits per heavy atom. The fraction of sp³-hybridized carbons (Fsp3) is 0.185. The van der Waals surface area contributed by atoms with E-state index in [1.165, 1.54) is 38.1 Å². The van der Waals surface area contributed by atoms with Crippen molar-refractivity contribution in [2.45, 2.75) is 25.9 Å². The summed E-state index contributed by atoms with van der Waals surface area (Å²) in [5.74, 6) is -0.306. The summed E-state index contributed by atoms with van der Waals surface area (Å²) in [5.41, 5.74) is 0.690. The van der Waals surface area contributed by atoms with Gasteiger partial charge >= 0.3 is 5.97 Å². The molecule has 0 radical (unpaired) electrons. The molecule has 0 unspecified atom stereocenters. The number of benzene rings is 3. The average Bonchev–Trinajstić information content (AvgIpc) is 2.80. The van der Waals surface area contributed by atoms with Crippen LogP contribution >= 0.6 is 11.6 Å². The summed E-state index contributed by atoms with van der Waals surface area (Å²) in [6.07, 6.45) is 3.70. The highest BCUT2D eigenvalue weighted by Gasteiger charge is 2.29. The topological polar surface area (TPSA) is 93.1 Å². The lowest BCUT2D eigenvalue weighted by Gasteiger charge is -2.21. The van der Waals surface area contributed by atoms with Crippen molar-refractivity contribution in [3.63, 3.8) is 0 Å². The highest BCUT2D eigenvalue weighted by Crippen LogP contribution is 2.23. The van der Waals surface area contributed by atoms with E-state index in [1.807, 2.05) is 36.4 Å². The van der Waals surface area contributed by atoms with E-state index in [0.29, 0.717) is 29.5 Å². The minimum absolute atomic E-state index is 0.117. The quantitative estimate of drug-likeness (QED) is 0.281. The first-order valence-corrected chi connectivity index (χ1v) is 11.0. The molecular formula is C27H25ClO6. The number of carbonyl (C=O) groups excluding carboxylic acids is 1. The van der Waals surface area contributed by atoms with Gasteiger partial charge in [0.05, 0.1) is 12.2 Å². The Morgan fingerprint density at radius 1 is 0.971 bits per heavy atom. The first kappa shape index (κ1) is 24.9. The number of rotatable bonds is 10. The zero-order valence-corrected chi connectivity index (χ0v) is 19.6. The fourth-order valence-corrected chi connectivity index (χ4v) is 3.16. The van der Waals surface area contributed by atoms with Crippen molar-refractivity contribution >= 4 is 29.4 Å². The molecule has 0 aliphatic heterocycles. The van der Waals surface area contributed by atoms with Crippen LogP contribution < -0.4 is 9.47 Å². The Morgan fingerprint density at radius 3 is 2.26 bits per heavy atom. The lowest BCUT2D eigenvalue weighted by Crippen LogP contribution is -2.37. The maximum absolute atomic E-state index is 12.3. The number of carboxylic acids is 1. The first-order valence-electron chi connectivity index (χ1n) is 10.6. The van der Waals surface area contributed by atoms with E-state index in [4.69, 9.17) is 26.2 Å². The largest absolute Gasteiger partial charge is 0.507 e. The van der Waals surface area contributed by atoms with Crippen LogP contribution in [0.3, 0.4) is 0 Å². The molecular weight excluding hydrogens is 456 g/mol. The van der Waals surface area contributed by atoms with Gasteiger partial charge in [-0.15, -0.1) is 0 Å². The number of carbonyl (C=O) groups is 2. The Bertz CT molecular complexity index is 1180. The summed E-state index contributed by atoms with van der Waals surface area (Å²) in [4.78, 5) is 23.5. The second-order valence-corrected chi connectivity index (χ2v) is 8.52. The van der Waals surface area contributed by atoms with Crippen molar-refractivity contribution in [1.82, 2.24) is 0 Å². The van der Waals surface area contributed by atoms with Gasteiger partial charge in [-0.05, 0) is 73.5 Å². The molecule has 2 N–H and O–H groups in total. The smallest absolute Gasteiger partial charge is 0.347 e. The fourth-order valence-electron chi connectivity index (χ4n) is 2.99. The molecule has 0 aromatic heterocycles. The molecule has 0 spiro atoms. The van der Waals surface area contributed by atoms with E-state index < -0.39 is 11.6 Å². The molecule has 0 atom stereocenters. The maximum Gasteiger partial charge on any atom is 0.347 e. The predicted octanol–water partition coefficient (Wildman–Crippen LogP) is 5.81. The third kappa shape index (κ3) is 6.86. The lowest BCUT2D eigenvalue weighted by atomic mass is 10.1. The zero-order chi connectivity index (χ0) is 24.7. The van der Waals surface area contributed by atoms with E-state index >= 15 is 0 Å². The summed E-state index contributed by atoms with van der Waals surface area (Å²) >= 11 is 5.89. The van der Waals surface area contributed by atoms with Gasteiger partial charge in [-0.3, -0.25) is 4.79 Å². The van der Waals surface area contributed by atoms with Crippen LogP contribution in [-0.4, -0.2) is 34.2 Å². The van der Waals surface area contributed by atoms with Crippen LogP contribution in [0.2, 0.25) is 5.02 Å². The molecule has 176 valence electrons. The molecule has 3 rings (SSSR count). The predicted molar refractivity (Wildman–Crippen MR) is 131 cm³/mol. The number of hydrogen-bond acceptors (Lipinski definition) is 5. The molecule has 6 nitrogen and oxygen atoms in total. The second-order valence-electron chi connectivity index (χ2n) is 8.09. The molecule has 7 heteroatoms. The van der Waals surface area contributed by atoms with Gasteiger partial charge in [-0.25, -0.2) is 4.79 Å². The van der Waals surface area contributed by atoms with Gasteiger partial charge in [0.25, 0.3) is 0 Å². The Balaban J connectivity index is 1.49. The number of halogens is 1. The summed E-state index contributed by atoms with van der Waals surface area (Å²) < 4.78 is 11.3. The Labute approximate surface area is 203 Å². The van der Waals surface area contributed by atoms with Crippen LogP contribution in [0.4, 0.5) is 0 Å². The molecule has 0 saturated carbocycles. The first-order chi connectivity index (χ1) is 16.1. The van der Waals surface area contributed by atoms with E-state index in [-0.39, 0.29) is 17.1 Å². The van der Waals surface area contributed by atoms with Crippen molar-refractivity contribution in [2.24, 2.45) is 0 Å². The number of carboxylic acid groups (broad SMARTS) is 1. The van der Waals surface area contributed by atoms with Gasteiger partial charge in [0.1, 0.15) is 17.2 Å². The SMILES string of the molecule is CC(C)(Oc1ccc(CCOc2ccc(/C=C/C(=O)c3cc(Cl)ccc3O)cc2)cc1)C(=O)O. The van der Waals surface area contributed by atoms with E-state index in [0.717, 1.165) is 11.1 Å². The van der Waals surface area contributed by atoms with Gasteiger partial charge in [0, 0.05) is 11.4 Å². The maximum atomic E-state index is 12.3. The van der Waals surface area contributed by atoms with Gasteiger partial charge < -0.3 is 19.7 Å². The summed E-state index contributed by atoms with van der Waals surface area (Å²) in [6, 6.07) is 18.8. The van der Waals surface area contributed by atoms with Crippen molar-refractivity contribution in [2.75, 3.05) is 6.61 Å². The molecule has 0 aliphatic carbocycles. The number of phenols is 1.